The van der Waals surface area contributed by atoms with Gasteiger partial charge in [-0.2, -0.15) is 0 Å². The van der Waals surface area contributed by atoms with Crippen LogP contribution in [0.2, 0.25) is 0 Å². The van der Waals surface area contributed by atoms with E-state index in [1.54, 1.807) is 0 Å². The molecule has 0 fully saturated rings. The van der Waals surface area contributed by atoms with E-state index >= 15 is 0 Å². The summed E-state index contributed by atoms with van der Waals surface area (Å²) in [4.78, 5) is 12.3. The Labute approximate surface area is 118 Å². The molecule has 0 amide bonds. The van der Waals surface area contributed by atoms with Crippen molar-refractivity contribution in [2.75, 3.05) is 6.61 Å². The molecule has 0 N–H and O–H groups in total. The summed E-state index contributed by atoms with van der Waals surface area (Å²) < 4.78 is 11.2. The molecule has 0 aromatic heterocycles. The van der Waals surface area contributed by atoms with Crippen LogP contribution in [0.25, 0.3) is 0 Å². The highest BCUT2D eigenvalue weighted by atomic mass is 16.5. The van der Waals surface area contributed by atoms with Crippen molar-refractivity contribution in [3.05, 3.63) is 65.7 Å². The molecule has 0 spiro atoms. The number of fused-ring (bicyclic) bond motifs is 1. The van der Waals surface area contributed by atoms with E-state index in [-0.39, 0.29) is 12.1 Å². The molecule has 1 heterocycles. The number of rotatable bonds is 3. The van der Waals surface area contributed by atoms with Gasteiger partial charge in [-0.1, -0.05) is 48.5 Å². The first-order valence-corrected chi connectivity index (χ1v) is 6.78. The molecule has 2 atom stereocenters. The molecule has 2 aromatic rings. The average molecular weight is 268 g/mol. The van der Waals surface area contributed by atoms with Gasteiger partial charge in [0.25, 0.3) is 0 Å². The second-order valence-electron chi connectivity index (χ2n) is 4.72. The van der Waals surface area contributed by atoms with E-state index in [0.717, 1.165) is 16.9 Å². The maximum Gasteiger partial charge on any atom is 0.317 e. The van der Waals surface area contributed by atoms with Crippen molar-refractivity contribution in [1.82, 2.24) is 0 Å². The molecule has 1 aliphatic heterocycles. The quantitative estimate of drug-likeness (QED) is 0.800. The van der Waals surface area contributed by atoms with E-state index in [2.05, 4.69) is 0 Å². The third kappa shape index (κ3) is 2.16. The van der Waals surface area contributed by atoms with Crippen molar-refractivity contribution >= 4 is 5.97 Å². The van der Waals surface area contributed by atoms with Gasteiger partial charge in [-0.25, -0.2) is 0 Å². The van der Waals surface area contributed by atoms with E-state index in [4.69, 9.17) is 9.47 Å². The van der Waals surface area contributed by atoms with Crippen molar-refractivity contribution < 1.29 is 14.3 Å². The summed E-state index contributed by atoms with van der Waals surface area (Å²) in [7, 11) is 0. The van der Waals surface area contributed by atoms with Crippen LogP contribution in [0, 0.1) is 0 Å². The Morgan fingerprint density at radius 1 is 1.10 bits per heavy atom. The number of carbonyl (C=O) groups excluding carboxylic acids is 1. The van der Waals surface area contributed by atoms with Crippen LogP contribution in [0.15, 0.2) is 54.6 Å². The third-order valence-electron chi connectivity index (χ3n) is 3.48. The standard InChI is InChI=1S/C17H16O3/c1-2-19-17(18)15-13-10-6-7-11-14(13)20-16(15)12-8-4-3-5-9-12/h3-11,15-16H,2H2,1H3/t15-,16+/m1/s1. The molecular formula is C17H16O3. The highest BCUT2D eigenvalue weighted by Gasteiger charge is 2.41. The van der Waals surface area contributed by atoms with Gasteiger partial charge in [0.15, 0.2) is 0 Å². The zero-order chi connectivity index (χ0) is 13.9. The first-order valence-electron chi connectivity index (χ1n) is 6.78. The van der Waals surface area contributed by atoms with Crippen molar-refractivity contribution in [2.24, 2.45) is 0 Å². The summed E-state index contributed by atoms with van der Waals surface area (Å²) >= 11 is 0. The number of para-hydroxylation sites is 1. The van der Waals surface area contributed by atoms with Gasteiger partial charge in [0.1, 0.15) is 17.8 Å². The van der Waals surface area contributed by atoms with Gasteiger partial charge in [-0.05, 0) is 18.6 Å². The van der Waals surface area contributed by atoms with E-state index in [1.807, 2.05) is 61.5 Å². The normalized spacial score (nSPS) is 20.1. The second-order valence-corrected chi connectivity index (χ2v) is 4.72. The monoisotopic (exact) mass is 268 g/mol. The summed E-state index contributed by atoms with van der Waals surface area (Å²) in [5, 5.41) is 0. The van der Waals surface area contributed by atoms with Crippen LogP contribution in [0.4, 0.5) is 0 Å². The van der Waals surface area contributed by atoms with Gasteiger partial charge in [-0.3, -0.25) is 4.79 Å². The summed E-state index contributed by atoms with van der Waals surface area (Å²) in [6, 6.07) is 17.4. The number of benzene rings is 2. The molecule has 3 nitrogen and oxygen atoms in total. The maximum atomic E-state index is 12.3. The molecule has 0 aliphatic carbocycles. The maximum absolute atomic E-state index is 12.3. The van der Waals surface area contributed by atoms with Gasteiger partial charge in [0.2, 0.25) is 0 Å². The molecule has 3 heteroatoms. The second kappa shape index (κ2) is 5.37. The number of ether oxygens (including phenoxy) is 2. The van der Waals surface area contributed by atoms with Crippen LogP contribution in [-0.4, -0.2) is 12.6 Å². The van der Waals surface area contributed by atoms with Crippen LogP contribution in [0.1, 0.15) is 30.1 Å². The molecule has 2 aromatic carbocycles. The molecule has 3 rings (SSSR count). The molecule has 0 radical (unpaired) electrons. The Bertz CT molecular complexity index is 607. The number of carbonyl (C=O) groups is 1. The third-order valence-corrected chi connectivity index (χ3v) is 3.48. The van der Waals surface area contributed by atoms with E-state index in [1.165, 1.54) is 0 Å². The number of esters is 1. The van der Waals surface area contributed by atoms with Crippen LogP contribution in [-0.2, 0) is 9.53 Å². The van der Waals surface area contributed by atoms with Crippen molar-refractivity contribution in [3.8, 4) is 5.75 Å². The van der Waals surface area contributed by atoms with Crippen molar-refractivity contribution in [2.45, 2.75) is 18.9 Å². The predicted molar refractivity (Wildman–Crippen MR) is 75.6 cm³/mol. The van der Waals surface area contributed by atoms with Crippen LogP contribution >= 0.6 is 0 Å². The Balaban J connectivity index is 2.01. The topological polar surface area (TPSA) is 35.5 Å². The molecule has 0 unspecified atom stereocenters. The SMILES string of the molecule is CCOC(=O)[C@@H]1c2ccccc2O[C@H]1c1ccccc1. The minimum Gasteiger partial charge on any atom is -0.484 e. The average Bonchev–Trinajstić information content (AvgIpc) is 2.88. The van der Waals surface area contributed by atoms with Gasteiger partial charge in [-0.15, -0.1) is 0 Å². The number of hydrogen-bond acceptors (Lipinski definition) is 3. The zero-order valence-corrected chi connectivity index (χ0v) is 11.3. The smallest absolute Gasteiger partial charge is 0.317 e. The first-order chi connectivity index (χ1) is 9.81. The van der Waals surface area contributed by atoms with Gasteiger partial charge >= 0.3 is 5.97 Å². The number of hydrogen-bond donors (Lipinski definition) is 0. The molecule has 0 saturated heterocycles. The summed E-state index contributed by atoms with van der Waals surface area (Å²) in [6.07, 6.45) is -0.312. The minimum atomic E-state index is -0.395. The van der Waals surface area contributed by atoms with Crippen LogP contribution in [0.5, 0.6) is 5.75 Å². The molecule has 1 aliphatic rings. The zero-order valence-electron chi connectivity index (χ0n) is 11.3. The highest BCUT2D eigenvalue weighted by molar-refractivity contribution is 5.81. The fourth-order valence-corrected chi connectivity index (χ4v) is 2.60. The lowest BCUT2D eigenvalue weighted by Crippen LogP contribution is -2.21. The van der Waals surface area contributed by atoms with E-state index in [9.17, 15) is 4.79 Å². The molecule has 0 saturated carbocycles. The Morgan fingerprint density at radius 3 is 2.55 bits per heavy atom. The lowest BCUT2D eigenvalue weighted by atomic mass is 9.91. The lowest BCUT2D eigenvalue weighted by Gasteiger charge is -2.18. The van der Waals surface area contributed by atoms with Gasteiger partial charge in [0, 0.05) is 5.56 Å². The lowest BCUT2D eigenvalue weighted by molar-refractivity contribution is -0.146. The molecule has 20 heavy (non-hydrogen) atoms. The van der Waals surface area contributed by atoms with Gasteiger partial charge in [0.05, 0.1) is 6.61 Å². The molecule has 102 valence electrons. The van der Waals surface area contributed by atoms with Gasteiger partial charge < -0.3 is 9.47 Å². The fourth-order valence-electron chi connectivity index (χ4n) is 2.60. The summed E-state index contributed by atoms with van der Waals surface area (Å²) in [5.41, 5.74) is 1.89. The van der Waals surface area contributed by atoms with Crippen molar-refractivity contribution in [3.63, 3.8) is 0 Å². The summed E-state index contributed by atoms with van der Waals surface area (Å²) in [6.45, 7) is 2.19. The molecule has 0 bridgehead atoms. The van der Waals surface area contributed by atoms with Crippen LogP contribution < -0.4 is 4.74 Å². The predicted octanol–water partition coefficient (Wildman–Crippen LogP) is 3.47. The van der Waals surface area contributed by atoms with Crippen molar-refractivity contribution in [1.29, 1.82) is 0 Å². The Morgan fingerprint density at radius 2 is 1.80 bits per heavy atom. The first kappa shape index (κ1) is 12.7. The fraction of sp³-hybridized carbons (Fsp3) is 0.235. The molecular weight excluding hydrogens is 252 g/mol. The Hall–Kier alpha value is -2.29. The van der Waals surface area contributed by atoms with E-state index < -0.39 is 5.92 Å². The Kier molecular flexibility index (Phi) is 3.42. The summed E-state index contributed by atoms with van der Waals surface area (Å²) in [5.74, 6) is 0.138. The highest BCUT2D eigenvalue weighted by Crippen LogP contribution is 2.46. The minimum absolute atomic E-state index is 0.230. The largest absolute Gasteiger partial charge is 0.484 e. The van der Waals surface area contributed by atoms with Crippen LogP contribution in [0.3, 0.4) is 0 Å². The van der Waals surface area contributed by atoms with E-state index in [0.29, 0.717) is 6.61 Å².